The van der Waals surface area contributed by atoms with Crippen molar-refractivity contribution in [2.24, 2.45) is 0 Å². The van der Waals surface area contributed by atoms with Crippen LogP contribution in [-0.4, -0.2) is 18.9 Å². The quantitative estimate of drug-likeness (QED) is 0.750. The maximum atomic E-state index is 12.0. The van der Waals surface area contributed by atoms with Gasteiger partial charge in [0.25, 0.3) is 0 Å². The third-order valence-electron chi connectivity index (χ3n) is 2.89. The van der Waals surface area contributed by atoms with Crippen LogP contribution in [0.1, 0.15) is 13.3 Å². The molecule has 0 aromatic heterocycles. The second-order valence-electron chi connectivity index (χ2n) is 4.69. The van der Waals surface area contributed by atoms with Crippen LogP contribution in [0.5, 0.6) is 5.75 Å². The molecule has 2 rings (SSSR count). The Morgan fingerprint density at radius 1 is 1.09 bits per heavy atom. The van der Waals surface area contributed by atoms with Crippen LogP contribution >= 0.6 is 11.8 Å². The minimum atomic E-state index is -0.272. The first-order chi connectivity index (χ1) is 10.7. The Balaban J connectivity index is 1.96. The molecule has 0 radical (unpaired) electrons. The minimum Gasteiger partial charge on any atom is -0.494 e. The lowest BCUT2D eigenvalue weighted by atomic mass is 10.3. The summed E-state index contributed by atoms with van der Waals surface area (Å²) in [5, 5.41) is 5.63. The van der Waals surface area contributed by atoms with Crippen molar-refractivity contribution in [2.75, 3.05) is 23.5 Å². The normalized spacial score (nSPS) is 10.1. The monoisotopic (exact) mass is 316 g/mol. The summed E-state index contributed by atoms with van der Waals surface area (Å²) in [5.74, 6) is 0.754. The molecule has 4 nitrogen and oxygen atoms in total. The predicted molar refractivity (Wildman–Crippen MR) is 93.1 cm³/mol. The third-order valence-corrected chi connectivity index (χ3v) is 3.62. The number of rotatable bonds is 6. The van der Waals surface area contributed by atoms with Gasteiger partial charge in [-0.25, -0.2) is 4.79 Å². The first-order valence-corrected chi connectivity index (χ1v) is 8.38. The van der Waals surface area contributed by atoms with Gasteiger partial charge in [-0.05, 0) is 43.0 Å². The number of anilines is 2. The predicted octanol–water partition coefficient (Wildman–Crippen LogP) is 4.84. The number of carbonyl (C=O) groups is 1. The number of hydrogen-bond acceptors (Lipinski definition) is 3. The molecule has 22 heavy (non-hydrogen) atoms. The largest absolute Gasteiger partial charge is 0.494 e. The van der Waals surface area contributed by atoms with Crippen molar-refractivity contribution in [3.63, 3.8) is 0 Å². The average Bonchev–Trinajstić information content (AvgIpc) is 2.53. The minimum absolute atomic E-state index is 0.272. The smallest absolute Gasteiger partial charge is 0.323 e. The lowest BCUT2D eigenvalue weighted by molar-refractivity contribution is 0.262. The fourth-order valence-corrected chi connectivity index (χ4v) is 2.34. The maximum absolute atomic E-state index is 12.0. The van der Waals surface area contributed by atoms with Gasteiger partial charge in [0.2, 0.25) is 0 Å². The highest BCUT2D eigenvalue weighted by Gasteiger charge is 2.04. The molecule has 0 unspecified atom stereocenters. The molecule has 2 aromatic carbocycles. The number of ether oxygens (including phenoxy) is 1. The van der Waals surface area contributed by atoms with Gasteiger partial charge in [-0.2, -0.15) is 0 Å². The number of carbonyl (C=O) groups excluding carboxylic acids is 1. The van der Waals surface area contributed by atoms with Crippen LogP contribution in [0.15, 0.2) is 53.4 Å². The molecule has 0 aliphatic heterocycles. The molecule has 0 saturated carbocycles. The molecule has 0 aliphatic carbocycles. The molecule has 2 amide bonds. The van der Waals surface area contributed by atoms with E-state index in [2.05, 4.69) is 17.6 Å². The van der Waals surface area contributed by atoms with Crippen LogP contribution in [0.4, 0.5) is 16.2 Å². The SMILES string of the molecule is CCCOc1cccc(NC(=O)Nc2cccc(SC)c2)c1. The summed E-state index contributed by atoms with van der Waals surface area (Å²) >= 11 is 1.64. The van der Waals surface area contributed by atoms with Gasteiger partial charge in [0, 0.05) is 22.3 Å². The second-order valence-corrected chi connectivity index (χ2v) is 5.57. The van der Waals surface area contributed by atoms with E-state index in [0.717, 1.165) is 22.8 Å². The van der Waals surface area contributed by atoms with E-state index in [0.29, 0.717) is 12.3 Å². The summed E-state index contributed by atoms with van der Waals surface area (Å²) in [6.07, 6.45) is 2.95. The molecule has 0 saturated heterocycles. The molecule has 2 N–H and O–H groups in total. The first-order valence-electron chi connectivity index (χ1n) is 7.16. The zero-order valence-corrected chi connectivity index (χ0v) is 13.6. The summed E-state index contributed by atoms with van der Waals surface area (Å²) < 4.78 is 5.55. The fraction of sp³-hybridized carbons (Fsp3) is 0.235. The van der Waals surface area contributed by atoms with E-state index in [1.807, 2.05) is 54.8 Å². The van der Waals surface area contributed by atoms with Gasteiger partial charge in [0.15, 0.2) is 0 Å². The van der Waals surface area contributed by atoms with Gasteiger partial charge in [-0.3, -0.25) is 0 Å². The molecule has 0 fully saturated rings. The Hall–Kier alpha value is -2.14. The van der Waals surface area contributed by atoms with E-state index < -0.39 is 0 Å². The number of amides is 2. The van der Waals surface area contributed by atoms with Gasteiger partial charge >= 0.3 is 6.03 Å². The Morgan fingerprint density at radius 3 is 2.45 bits per heavy atom. The van der Waals surface area contributed by atoms with Gasteiger partial charge in [-0.1, -0.05) is 19.1 Å². The maximum Gasteiger partial charge on any atom is 0.323 e. The Labute approximate surface area is 135 Å². The average molecular weight is 316 g/mol. The van der Waals surface area contributed by atoms with E-state index >= 15 is 0 Å². The summed E-state index contributed by atoms with van der Waals surface area (Å²) in [6, 6.07) is 14.8. The van der Waals surface area contributed by atoms with Gasteiger partial charge in [0.05, 0.1) is 6.61 Å². The van der Waals surface area contributed by atoms with Crippen molar-refractivity contribution in [2.45, 2.75) is 18.2 Å². The Kier molecular flexibility index (Phi) is 6.15. The molecular weight excluding hydrogens is 296 g/mol. The number of benzene rings is 2. The van der Waals surface area contributed by atoms with E-state index in [9.17, 15) is 4.79 Å². The molecule has 0 bridgehead atoms. The molecule has 0 heterocycles. The molecule has 0 atom stereocenters. The number of nitrogens with one attached hydrogen (secondary N) is 2. The fourth-order valence-electron chi connectivity index (χ4n) is 1.88. The number of thioether (sulfide) groups is 1. The lowest BCUT2D eigenvalue weighted by Gasteiger charge is -2.10. The molecular formula is C17H20N2O2S. The third kappa shape index (κ3) is 5.00. The van der Waals surface area contributed by atoms with Crippen molar-refractivity contribution in [1.29, 1.82) is 0 Å². The first kappa shape index (κ1) is 16.2. The zero-order valence-electron chi connectivity index (χ0n) is 12.8. The van der Waals surface area contributed by atoms with Crippen molar-refractivity contribution < 1.29 is 9.53 Å². The van der Waals surface area contributed by atoms with Crippen molar-refractivity contribution >= 4 is 29.2 Å². The van der Waals surface area contributed by atoms with Crippen LogP contribution in [0, 0.1) is 0 Å². The molecule has 2 aromatic rings. The van der Waals surface area contributed by atoms with Crippen LogP contribution in [0.25, 0.3) is 0 Å². The van der Waals surface area contributed by atoms with Crippen LogP contribution in [0.2, 0.25) is 0 Å². The summed E-state index contributed by atoms with van der Waals surface area (Å²) in [4.78, 5) is 13.1. The van der Waals surface area contributed by atoms with Crippen LogP contribution < -0.4 is 15.4 Å². The number of hydrogen-bond donors (Lipinski definition) is 2. The van der Waals surface area contributed by atoms with Crippen molar-refractivity contribution in [3.05, 3.63) is 48.5 Å². The number of urea groups is 1. The summed E-state index contributed by atoms with van der Waals surface area (Å²) in [5.41, 5.74) is 1.47. The van der Waals surface area contributed by atoms with Crippen molar-refractivity contribution in [1.82, 2.24) is 0 Å². The Bertz CT molecular complexity index is 632. The molecule has 0 spiro atoms. The topological polar surface area (TPSA) is 50.4 Å². The highest BCUT2D eigenvalue weighted by Crippen LogP contribution is 2.20. The van der Waals surface area contributed by atoms with E-state index in [1.165, 1.54) is 0 Å². The van der Waals surface area contributed by atoms with Crippen molar-refractivity contribution in [3.8, 4) is 5.75 Å². The highest BCUT2D eigenvalue weighted by atomic mass is 32.2. The zero-order chi connectivity index (χ0) is 15.8. The van der Waals surface area contributed by atoms with E-state index in [1.54, 1.807) is 11.8 Å². The van der Waals surface area contributed by atoms with Gasteiger partial charge < -0.3 is 15.4 Å². The second kappa shape index (κ2) is 8.34. The summed E-state index contributed by atoms with van der Waals surface area (Å²) in [7, 11) is 0. The van der Waals surface area contributed by atoms with Crippen LogP contribution in [-0.2, 0) is 0 Å². The Morgan fingerprint density at radius 2 is 1.77 bits per heavy atom. The van der Waals surface area contributed by atoms with E-state index in [-0.39, 0.29) is 6.03 Å². The lowest BCUT2D eigenvalue weighted by Crippen LogP contribution is -2.19. The molecule has 0 aliphatic rings. The van der Waals surface area contributed by atoms with Crippen LogP contribution in [0.3, 0.4) is 0 Å². The summed E-state index contributed by atoms with van der Waals surface area (Å²) in [6.45, 7) is 2.72. The van der Waals surface area contributed by atoms with E-state index in [4.69, 9.17) is 4.74 Å². The molecule has 5 heteroatoms. The molecule has 116 valence electrons. The highest BCUT2D eigenvalue weighted by molar-refractivity contribution is 7.98. The van der Waals surface area contributed by atoms with Gasteiger partial charge in [-0.15, -0.1) is 11.8 Å². The van der Waals surface area contributed by atoms with Gasteiger partial charge in [0.1, 0.15) is 5.75 Å². The standard InChI is InChI=1S/C17H20N2O2S/c1-3-10-21-15-8-4-6-13(11-15)18-17(20)19-14-7-5-9-16(12-14)22-2/h4-9,11-12H,3,10H2,1-2H3,(H2,18,19,20).